The molecular weight excluding hydrogens is 376 g/mol. The van der Waals surface area contributed by atoms with Gasteiger partial charge in [-0.05, 0) is 42.7 Å². The summed E-state index contributed by atoms with van der Waals surface area (Å²) in [5.41, 5.74) is 1.42. The minimum atomic E-state index is -0.250. The Balaban J connectivity index is 0.000000706. The largest absolute Gasteiger partial charge is 0.483 e. The molecule has 1 saturated carbocycles. The Morgan fingerprint density at radius 1 is 1.50 bits per heavy atom. The number of rotatable bonds is 5. The SMILES string of the molecule is Cn1cncc1CN1CC[C@]2(CCC[C@@H]2C(=O)NCc2cccs2)C1.O=CO. The number of nitrogens with one attached hydrogen (secondary N) is 1. The van der Waals surface area contributed by atoms with Crippen molar-refractivity contribution < 1.29 is 14.7 Å². The summed E-state index contributed by atoms with van der Waals surface area (Å²) in [6, 6.07) is 4.12. The zero-order valence-corrected chi connectivity index (χ0v) is 17.0. The molecule has 2 aromatic heterocycles. The molecule has 7 nitrogen and oxygen atoms in total. The zero-order chi connectivity index (χ0) is 20.0. The van der Waals surface area contributed by atoms with E-state index < -0.39 is 0 Å². The van der Waals surface area contributed by atoms with Crippen molar-refractivity contribution in [3.63, 3.8) is 0 Å². The van der Waals surface area contributed by atoms with Crippen LogP contribution in [0.3, 0.4) is 0 Å². The summed E-state index contributed by atoms with van der Waals surface area (Å²) < 4.78 is 2.09. The number of carbonyl (C=O) groups excluding carboxylic acids is 1. The molecule has 8 heteroatoms. The van der Waals surface area contributed by atoms with E-state index in [0.717, 1.165) is 32.5 Å². The maximum absolute atomic E-state index is 12.8. The second kappa shape index (κ2) is 9.34. The smallest absolute Gasteiger partial charge is 0.290 e. The first-order valence-electron chi connectivity index (χ1n) is 9.63. The lowest BCUT2D eigenvalue weighted by molar-refractivity contribution is -0.128. The van der Waals surface area contributed by atoms with Gasteiger partial charge in [-0.1, -0.05) is 12.5 Å². The molecule has 0 unspecified atom stereocenters. The van der Waals surface area contributed by atoms with Crippen LogP contribution in [-0.2, 0) is 29.7 Å². The Labute approximate surface area is 169 Å². The van der Waals surface area contributed by atoms with Gasteiger partial charge >= 0.3 is 0 Å². The van der Waals surface area contributed by atoms with Gasteiger partial charge < -0.3 is 15.0 Å². The van der Waals surface area contributed by atoms with Gasteiger partial charge in [0.05, 0.1) is 18.6 Å². The molecule has 1 aliphatic heterocycles. The van der Waals surface area contributed by atoms with Crippen LogP contribution in [0.25, 0.3) is 0 Å². The number of nitrogens with zero attached hydrogens (tertiary/aromatic N) is 3. The highest BCUT2D eigenvalue weighted by Gasteiger charge is 2.50. The lowest BCUT2D eigenvalue weighted by Gasteiger charge is -2.30. The molecule has 1 saturated heterocycles. The predicted octanol–water partition coefficient (Wildman–Crippen LogP) is 2.49. The maximum Gasteiger partial charge on any atom is 0.290 e. The number of likely N-dealkylation sites (tertiary alicyclic amines) is 1. The summed E-state index contributed by atoms with van der Waals surface area (Å²) >= 11 is 1.70. The normalized spacial score (nSPS) is 24.1. The van der Waals surface area contributed by atoms with Gasteiger partial charge in [0.25, 0.3) is 6.47 Å². The molecule has 2 aliphatic rings. The van der Waals surface area contributed by atoms with E-state index in [2.05, 4.69) is 31.2 Å². The molecule has 2 fully saturated rings. The summed E-state index contributed by atoms with van der Waals surface area (Å²) in [6.07, 6.45) is 8.35. The lowest BCUT2D eigenvalue weighted by Crippen LogP contribution is -2.40. The molecule has 0 aromatic carbocycles. The van der Waals surface area contributed by atoms with Crippen LogP contribution in [0.15, 0.2) is 30.0 Å². The first kappa shape index (κ1) is 20.5. The number of hydrogen-bond acceptors (Lipinski definition) is 5. The van der Waals surface area contributed by atoms with Gasteiger partial charge in [0.2, 0.25) is 5.91 Å². The predicted molar refractivity (Wildman–Crippen MR) is 108 cm³/mol. The molecule has 152 valence electrons. The highest BCUT2D eigenvalue weighted by Crippen LogP contribution is 2.50. The van der Waals surface area contributed by atoms with Gasteiger partial charge in [0, 0.05) is 37.1 Å². The van der Waals surface area contributed by atoms with Gasteiger partial charge in [-0.25, -0.2) is 4.98 Å². The molecule has 2 N–H and O–H groups in total. The molecule has 1 amide bonds. The maximum atomic E-state index is 12.8. The Kier molecular flexibility index (Phi) is 6.85. The standard InChI is InChI=1S/C19H26N4OS.CH2O2/c1-22-14-20-10-15(22)12-23-8-7-19(13-23)6-2-5-17(19)18(24)21-11-16-4-3-9-25-16;2-1-3/h3-4,9-10,14,17H,2,5-8,11-13H2,1H3,(H,21,24);1H,(H,2,3)/t17-,19-;/m1./s1. The number of thiophene rings is 1. The van der Waals surface area contributed by atoms with E-state index in [1.807, 2.05) is 25.6 Å². The van der Waals surface area contributed by atoms with Crippen LogP contribution in [0.5, 0.6) is 0 Å². The van der Waals surface area contributed by atoms with Crippen LogP contribution >= 0.6 is 11.3 Å². The summed E-state index contributed by atoms with van der Waals surface area (Å²) in [4.78, 5) is 29.1. The van der Waals surface area contributed by atoms with Crippen molar-refractivity contribution in [1.82, 2.24) is 19.8 Å². The molecule has 0 bridgehead atoms. The van der Waals surface area contributed by atoms with Crippen LogP contribution in [0, 0.1) is 11.3 Å². The molecule has 2 aromatic rings. The topological polar surface area (TPSA) is 87.5 Å². The van der Waals surface area contributed by atoms with E-state index in [0.29, 0.717) is 6.54 Å². The minimum absolute atomic E-state index is 0.170. The number of amides is 1. The highest BCUT2D eigenvalue weighted by atomic mass is 32.1. The van der Waals surface area contributed by atoms with Crippen molar-refractivity contribution in [2.45, 2.75) is 38.8 Å². The van der Waals surface area contributed by atoms with Crippen LogP contribution < -0.4 is 5.32 Å². The van der Waals surface area contributed by atoms with E-state index in [-0.39, 0.29) is 23.7 Å². The third-order valence-corrected chi connectivity index (χ3v) is 6.88. The van der Waals surface area contributed by atoms with Gasteiger partial charge in [-0.2, -0.15) is 0 Å². The van der Waals surface area contributed by atoms with Crippen LogP contribution in [0.4, 0.5) is 0 Å². The van der Waals surface area contributed by atoms with E-state index in [1.54, 1.807) is 11.3 Å². The number of carboxylic acid groups (broad SMARTS) is 1. The van der Waals surface area contributed by atoms with E-state index >= 15 is 0 Å². The summed E-state index contributed by atoms with van der Waals surface area (Å²) in [5.74, 6) is 0.428. The highest BCUT2D eigenvalue weighted by molar-refractivity contribution is 7.09. The van der Waals surface area contributed by atoms with Crippen molar-refractivity contribution in [2.75, 3.05) is 13.1 Å². The fourth-order valence-electron chi connectivity index (χ4n) is 4.63. The molecule has 4 rings (SSSR count). The lowest BCUT2D eigenvalue weighted by atomic mass is 9.76. The first-order chi connectivity index (χ1) is 13.6. The average molecular weight is 405 g/mol. The Morgan fingerprint density at radius 2 is 2.32 bits per heavy atom. The molecule has 1 spiro atoms. The molecule has 0 radical (unpaired) electrons. The fourth-order valence-corrected chi connectivity index (χ4v) is 5.28. The number of imidazole rings is 1. The van der Waals surface area contributed by atoms with Crippen LogP contribution in [-0.4, -0.2) is 45.0 Å². The summed E-state index contributed by atoms with van der Waals surface area (Å²) in [5, 5.41) is 12.1. The van der Waals surface area contributed by atoms with E-state index in [1.165, 1.54) is 23.4 Å². The third kappa shape index (κ3) is 4.62. The second-order valence-corrected chi connectivity index (χ2v) is 8.70. The van der Waals surface area contributed by atoms with Gasteiger partial charge in [0.15, 0.2) is 0 Å². The number of aromatic nitrogens is 2. The summed E-state index contributed by atoms with van der Waals surface area (Å²) in [6.45, 7) is 3.47. The number of carbonyl (C=O) groups is 2. The molecule has 2 atom stereocenters. The van der Waals surface area contributed by atoms with Gasteiger partial charge in [0.1, 0.15) is 0 Å². The van der Waals surface area contributed by atoms with Crippen molar-refractivity contribution in [1.29, 1.82) is 0 Å². The molecule has 28 heavy (non-hydrogen) atoms. The minimum Gasteiger partial charge on any atom is -0.483 e. The summed E-state index contributed by atoms with van der Waals surface area (Å²) in [7, 11) is 2.05. The second-order valence-electron chi connectivity index (χ2n) is 7.67. The molecular formula is C20H28N4O3S. The van der Waals surface area contributed by atoms with E-state index in [9.17, 15) is 4.79 Å². The van der Waals surface area contributed by atoms with Crippen LogP contribution in [0.2, 0.25) is 0 Å². The monoisotopic (exact) mass is 404 g/mol. The van der Waals surface area contributed by atoms with E-state index in [4.69, 9.17) is 9.90 Å². The number of hydrogen-bond donors (Lipinski definition) is 2. The molecule has 3 heterocycles. The first-order valence-corrected chi connectivity index (χ1v) is 10.5. The van der Waals surface area contributed by atoms with Crippen molar-refractivity contribution in [3.05, 3.63) is 40.6 Å². The number of aryl methyl sites for hydroxylation is 1. The Morgan fingerprint density at radius 3 is 3.00 bits per heavy atom. The average Bonchev–Trinajstić information content (AvgIpc) is 3.46. The van der Waals surface area contributed by atoms with Gasteiger partial charge in [-0.15, -0.1) is 11.3 Å². The molecule has 1 aliphatic carbocycles. The van der Waals surface area contributed by atoms with Crippen molar-refractivity contribution in [2.24, 2.45) is 18.4 Å². The van der Waals surface area contributed by atoms with Crippen LogP contribution in [0.1, 0.15) is 36.3 Å². The zero-order valence-electron chi connectivity index (χ0n) is 16.2. The fraction of sp³-hybridized carbons (Fsp3) is 0.550. The van der Waals surface area contributed by atoms with Gasteiger partial charge in [-0.3, -0.25) is 14.5 Å². The third-order valence-electron chi connectivity index (χ3n) is 6.01. The van der Waals surface area contributed by atoms with Crippen molar-refractivity contribution in [3.8, 4) is 0 Å². The van der Waals surface area contributed by atoms with Crippen molar-refractivity contribution >= 4 is 23.7 Å². The Hall–Kier alpha value is -2.19. The quantitative estimate of drug-likeness (QED) is 0.748. The Bertz CT molecular complexity index is 776.